The molecule has 0 aromatic heterocycles. The number of nitrogen functional groups attached to an aromatic ring is 1. The lowest BCUT2D eigenvalue weighted by Crippen LogP contribution is -1.95. The van der Waals surface area contributed by atoms with Gasteiger partial charge in [-0.3, -0.25) is 0 Å². The lowest BCUT2D eigenvalue weighted by molar-refractivity contribution is 1.51. The van der Waals surface area contributed by atoms with Crippen molar-refractivity contribution in [2.45, 2.75) is 0 Å². The third kappa shape index (κ3) is 1.16. The van der Waals surface area contributed by atoms with E-state index in [0.717, 1.165) is 5.69 Å². The fourth-order valence-corrected chi connectivity index (χ4v) is 1.08. The molecule has 0 heterocycles. The van der Waals surface area contributed by atoms with Gasteiger partial charge in [0.1, 0.15) is 0 Å². The molecule has 2 nitrogen and oxygen atoms in total. The van der Waals surface area contributed by atoms with Crippen molar-refractivity contribution in [3.05, 3.63) is 23.2 Å². The SMILES string of the molecule is CNc1c(N)cccc1Cl. The lowest BCUT2D eigenvalue weighted by Gasteiger charge is -2.05. The van der Waals surface area contributed by atoms with Gasteiger partial charge in [-0.1, -0.05) is 17.7 Å². The maximum absolute atomic E-state index is 5.79. The van der Waals surface area contributed by atoms with Crippen molar-refractivity contribution in [3.63, 3.8) is 0 Å². The Balaban J connectivity index is 3.17. The zero-order valence-electron chi connectivity index (χ0n) is 5.69. The minimum Gasteiger partial charge on any atom is -0.397 e. The summed E-state index contributed by atoms with van der Waals surface area (Å²) >= 11 is 5.79. The third-order valence-corrected chi connectivity index (χ3v) is 1.61. The van der Waals surface area contributed by atoms with Crippen LogP contribution in [0.2, 0.25) is 5.02 Å². The molecule has 3 heteroatoms. The summed E-state index contributed by atoms with van der Waals surface area (Å²) in [6.07, 6.45) is 0. The van der Waals surface area contributed by atoms with Crippen LogP contribution in [0.1, 0.15) is 0 Å². The Hall–Kier alpha value is -0.890. The van der Waals surface area contributed by atoms with E-state index in [0.29, 0.717) is 10.7 Å². The number of para-hydroxylation sites is 1. The Labute approximate surface area is 65.0 Å². The van der Waals surface area contributed by atoms with Gasteiger partial charge in [-0.2, -0.15) is 0 Å². The summed E-state index contributed by atoms with van der Waals surface area (Å²) in [5.74, 6) is 0. The van der Waals surface area contributed by atoms with Gasteiger partial charge < -0.3 is 11.1 Å². The standard InChI is InChI=1S/C7H9ClN2/c1-10-7-5(8)3-2-4-6(7)9/h2-4,10H,9H2,1H3. The second kappa shape index (κ2) is 2.80. The van der Waals surface area contributed by atoms with Gasteiger partial charge in [0.25, 0.3) is 0 Å². The average Bonchev–Trinajstić information content (AvgIpc) is 1.88. The van der Waals surface area contributed by atoms with Gasteiger partial charge in [0.2, 0.25) is 0 Å². The first-order valence-electron chi connectivity index (χ1n) is 2.97. The van der Waals surface area contributed by atoms with Crippen LogP contribution in [0, 0.1) is 0 Å². The van der Waals surface area contributed by atoms with E-state index in [1.165, 1.54) is 0 Å². The smallest absolute Gasteiger partial charge is 0.0760 e. The number of hydrogen-bond acceptors (Lipinski definition) is 2. The number of nitrogens with one attached hydrogen (secondary N) is 1. The van der Waals surface area contributed by atoms with E-state index in [2.05, 4.69) is 5.32 Å². The summed E-state index contributed by atoms with van der Waals surface area (Å²) in [6, 6.07) is 5.42. The summed E-state index contributed by atoms with van der Waals surface area (Å²) in [5.41, 5.74) is 7.06. The molecule has 0 atom stereocenters. The van der Waals surface area contributed by atoms with Gasteiger partial charge in [0.05, 0.1) is 16.4 Å². The van der Waals surface area contributed by atoms with Gasteiger partial charge >= 0.3 is 0 Å². The van der Waals surface area contributed by atoms with Gasteiger partial charge in [0.15, 0.2) is 0 Å². The second-order valence-corrected chi connectivity index (χ2v) is 2.36. The predicted molar refractivity (Wildman–Crippen MR) is 45.4 cm³/mol. The van der Waals surface area contributed by atoms with Gasteiger partial charge in [-0.15, -0.1) is 0 Å². The van der Waals surface area contributed by atoms with Crippen molar-refractivity contribution in [1.82, 2.24) is 0 Å². The molecule has 0 radical (unpaired) electrons. The number of anilines is 2. The van der Waals surface area contributed by atoms with Crippen LogP contribution in [0.3, 0.4) is 0 Å². The van der Waals surface area contributed by atoms with E-state index < -0.39 is 0 Å². The van der Waals surface area contributed by atoms with Crippen molar-refractivity contribution in [2.75, 3.05) is 18.1 Å². The summed E-state index contributed by atoms with van der Waals surface area (Å²) in [7, 11) is 1.79. The van der Waals surface area contributed by atoms with Gasteiger partial charge in [-0.05, 0) is 12.1 Å². The van der Waals surface area contributed by atoms with Gasteiger partial charge in [-0.25, -0.2) is 0 Å². The van der Waals surface area contributed by atoms with Crippen LogP contribution in [-0.2, 0) is 0 Å². The first-order chi connectivity index (χ1) is 4.75. The fraction of sp³-hybridized carbons (Fsp3) is 0.143. The minimum atomic E-state index is 0.655. The van der Waals surface area contributed by atoms with Crippen molar-refractivity contribution in [2.24, 2.45) is 0 Å². The molecule has 1 aromatic rings. The normalized spacial score (nSPS) is 9.40. The molecule has 54 valence electrons. The van der Waals surface area contributed by atoms with Crippen LogP contribution >= 0.6 is 11.6 Å². The summed E-state index contributed by atoms with van der Waals surface area (Å²) in [5, 5.41) is 3.56. The van der Waals surface area contributed by atoms with Gasteiger partial charge in [0, 0.05) is 7.05 Å². The van der Waals surface area contributed by atoms with Crippen molar-refractivity contribution >= 4 is 23.0 Å². The van der Waals surface area contributed by atoms with Crippen LogP contribution in [0.4, 0.5) is 11.4 Å². The molecule has 0 aliphatic carbocycles. The Morgan fingerprint density at radius 3 is 2.60 bits per heavy atom. The number of hydrogen-bond donors (Lipinski definition) is 2. The summed E-state index contributed by atoms with van der Waals surface area (Å²) in [4.78, 5) is 0. The van der Waals surface area contributed by atoms with Crippen molar-refractivity contribution in [3.8, 4) is 0 Å². The number of benzene rings is 1. The molecule has 0 aliphatic heterocycles. The number of nitrogens with two attached hydrogens (primary N) is 1. The van der Waals surface area contributed by atoms with E-state index in [1.54, 1.807) is 19.2 Å². The molecule has 1 aromatic carbocycles. The van der Waals surface area contributed by atoms with Crippen molar-refractivity contribution in [1.29, 1.82) is 0 Å². The highest BCUT2D eigenvalue weighted by atomic mass is 35.5. The molecule has 10 heavy (non-hydrogen) atoms. The second-order valence-electron chi connectivity index (χ2n) is 1.95. The zero-order valence-corrected chi connectivity index (χ0v) is 6.44. The summed E-state index contributed by atoms with van der Waals surface area (Å²) in [6.45, 7) is 0. The van der Waals surface area contributed by atoms with Crippen LogP contribution in [-0.4, -0.2) is 7.05 Å². The van der Waals surface area contributed by atoms with E-state index in [-0.39, 0.29) is 0 Å². The van der Waals surface area contributed by atoms with Crippen LogP contribution < -0.4 is 11.1 Å². The first kappa shape index (κ1) is 7.22. The zero-order chi connectivity index (χ0) is 7.56. The predicted octanol–water partition coefficient (Wildman–Crippen LogP) is 1.96. The van der Waals surface area contributed by atoms with E-state index in [9.17, 15) is 0 Å². The van der Waals surface area contributed by atoms with Crippen LogP contribution in [0.15, 0.2) is 18.2 Å². The molecule has 0 amide bonds. The topological polar surface area (TPSA) is 38.0 Å². The largest absolute Gasteiger partial charge is 0.397 e. The molecule has 0 saturated heterocycles. The van der Waals surface area contributed by atoms with E-state index >= 15 is 0 Å². The molecule has 0 fully saturated rings. The quantitative estimate of drug-likeness (QED) is 0.611. The third-order valence-electron chi connectivity index (χ3n) is 1.30. The molecule has 0 aliphatic rings. The highest BCUT2D eigenvalue weighted by Crippen LogP contribution is 2.26. The highest BCUT2D eigenvalue weighted by molar-refractivity contribution is 6.33. The molecule has 0 bridgehead atoms. The molecule has 0 spiro atoms. The van der Waals surface area contributed by atoms with E-state index in [4.69, 9.17) is 17.3 Å². The highest BCUT2D eigenvalue weighted by Gasteiger charge is 1.99. The summed E-state index contributed by atoms with van der Waals surface area (Å²) < 4.78 is 0. The molecule has 0 unspecified atom stereocenters. The molecule has 1 rings (SSSR count). The monoisotopic (exact) mass is 156 g/mol. The van der Waals surface area contributed by atoms with Crippen LogP contribution in [0.5, 0.6) is 0 Å². The number of rotatable bonds is 1. The maximum Gasteiger partial charge on any atom is 0.0760 e. The Kier molecular flexibility index (Phi) is 2.02. The number of halogens is 1. The molecular formula is C7H9ClN2. The van der Waals surface area contributed by atoms with E-state index in [1.807, 2.05) is 6.07 Å². The Morgan fingerprint density at radius 2 is 2.20 bits per heavy atom. The fourth-order valence-electron chi connectivity index (χ4n) is 0.805. The average molecular weight is 157 g/mol. The lowest BCUT2D eigenvalue weighted by atomic mass is 10.3. The van der Waals surface area contributed by atoms with Crippen molar-refractivity contribution < 1.29 is 0 Å². The molecule has 0 saturated carbocycles. The Bertz CT molecular complexity index is 215. The minimum absolute atomic E-state index is 0.655. The molecule has 3 N–H and O–H groups in total. The first-order valence-corrected chi connectivity index (χ1v) is 3.35. The Morgan fingerprint density at radius 1 is 1.50 bits per heavy atom. The van der Waals surface area contributed by atoms with Crippen LogP contribution in [0.25, 0.3) is 0 Å². The maximum atomic E-state index is 5.79. The molecular weight excluding hydrogens is 148 g/mol.